The highest BCUT2D eigenvalue weighted by Gasteiger charge is 2.20. The van der Waals surface area contributed by atoms with Crippen molar-refractivity contribution in [1.82, 2.24) is 4.72 Å². The molecule has 7 heteroatoms. The summed E-state index contributed by atoms with van der Waals surface area (Å²) in [6, 6.07) is 1.65. The Labute approximate surface area is 110 Å². The lowest BCUT2D eigenvalue weighted by Gasteiger charge is -2.09. The highest BCUT2D eigenvalue weighted by Crippen LogP contribution is 2.23. The molecule has 3 N–H and O–H groups in total. The zero-order chi connectivity index (χ0) is 12.3. The molecule has 1 aromatic rings. The molecule has 1 atom stereocenters. The van der Waals surface area contributed by atoms with E-state index in [1.807, 2.05) is 11.8 Å². The van der Waals surface area contributed by atoms with E-state index in [0.29, 0.717) is 23.9 Å². The summed E-state index contributed by atoms with van der Waals surface area (Å²) in [4.78, 5) is 1.23. The van der Waals surface area contributed by atoms with E-state index in [4.69, 9.17) is 5.73 Å². The molecule has 17 heavy (non-hydrogen) atoms. The monoisotopic (exact) mass is 292 g/mol. The molecule has 1 aliphatic rings. The minimum absolute atomic E-state index is 0.341. The molecule has 1 fully saturated rings. The van der Waals surface area contributed by atoms with Gasteiger partial charge >= 0.3 is 0 Å². The van der Waals surface area contributed by atoms with Crippen LogP contribution in [0.3, 0.4) is 0 Å². The number of thioether (sulfide) groups is 1. The van der Waals surface area contributed by atoms with Gasteiger partial charge in [-0.3, -0.25) is 0 Å². The first-order chi connectivity index (χ1) is 8.12. The lowest BCUT2D eigenvalue weighted by atomic mass is 10.1. The molecule has 1 aromatic heterocycles. The van der Waals surface area contributed by atoms with Crippen LogP contribution in [0.25, 0.3) is 0 Å². The van der Waals surface area contributed by atoms with Gasteiger partial charge in [0, 0.05) is 23.3 Å². The van der Waals surface area contributed by atoms with Crippen LogP contribution >= 0.6 is 23.1 Å². The lowest BCUT2D eigenvalue weighted by molar-refractivity contribution is 0.546. The summed E-state index contributed by atoms with van der Waals surface area (Å²) in [5.74, 6) is 2.67. The van der Waals surface area contributed by atoms with Crippen molar-refractivity contribution >= 4 is 33.1 Å². The molecule has 4 nitrogen and oxygen atoms in total. The number of sulfonamides is 1. The van der Waals surface area contributed by atoms with Crippen molar-refractivity contribution in [3.05, 3.63) is 16.3 Å². The van der Waals surface area contributed by atoms with Crippen LogP contribution in [0.1, 0.15) is 11.3 Å². The first-order valence-corrected chi connectivity index (χ1v) is 8.98. The van der Waals surface area contributed by atoms with Gasteiger partial charge in [-0.2, -0.15) is 11.8 Å². The fourth-order valence-corrected chi connectivity index (χ4v) is 5.22. The van der Waals surface area contributed by atoms with Gasteiger partial charge in [0.1, 0.15) is 0 Å². The number of rotatable bonds is 5. The van der Waals surface area contributed by atoms with Crippen molar-refractivity contribution < 1.29 is 8.42 Å². The fraction of sp³-hybridized carbons (Fsp3) is 0.600. The molecule has 96 valence electrons. The van der Waals surface area contributed by atoms with Crippen LogP contribution in [0.4, 0.5) is 0 Å². The largest absolute Gasteiger partial charge is 0.326 e. The smallest absolute Gasteiger partial charge is 0.241 e. The van der Waals surface area contributed by atoms with Gasteiger partial charge in [0.25, 0.3) is 0 Å². The van der Waals surface area contributed by atoms with E-state index in [2.05, 4.69) is 4.72 Å². The molecule has 0 spiro atoms. The summed E-state index contributed by atoms with van der Waals surface area (Å²) in [6.07, 6.45) is 1.10. The van der Waals surface area contributed by atoms with E-state index in [1.54, 1.807) is 11.4 Å². The van der Waals surface area contributed by atoms with Crippen molar-refractivity contribution in [3.8, 4) is 0 Å². The molecule has 0 amide bonds. The molecule has 2 heterocycles. The Bertz CT molecular complexity index is 464. The maximum atomic E-state index is 12.0. The van der Waals surface area contributed by atoms with Gasteiger partial charge in [-0.15, -0.1) is 11.3 Å². The maximum Gasteiger partial charge on any atom is 0.241 e. The van der Waals surface area contributed by atoms with Crippen LogP contribution in [0, 0.1) is 5.92 Å². The van der Waals surface area contributed by atoms with E-state index in [9.17, 15) is 8.42 Å². The summed E-state index contributed by atoms with van der Waals surface area (Å²) < 4.78 is 26.6. The topological polar surface area (TPSA) is 72.2 Å². The molecule has 2 rings (SSSR count). The Hall–Kier alpha value is -0.0800. The van der Waals surface area contributed by atoms with Gasteiger partial charge in [0.05, 0.1) is 4.90 Å². The van der Waals surface area contributed by atoms with Gasteiger partial charge in [0.2, 0.25) is 10.0 Å². The highest BCUT2D eigenvalue weighted by atomic mass is 32.2. The van der Waals surface area contributed by atoms with Crippen LogP contribution in [-0.2, 0) is 16.6 Å². The normalized spacial score (nSPS) is 20.9. The molecule has 1 saturated heterocycles. The van der Waals surface area contributed by atoms with Crippen molar-refractivity contribution in [2.24, 2.45) is 11.7 Å². The van der Waals surface area contributed by atoms with E-state index in [1.165, 1.54) is 11.3 Å². The predicted octanol–water partition coefficient (Wildman–Crippen LogP) is 1.24. The number of nitrogens with one attached hydrogen (secondary N) is 1. The lowest BCUT2D eigenvalue weighted by Crippen LogP contribution is -2.29. The van der Waals surface area contributed by atoms with Gasteiger partial charge in [-0.1, -0.05) is 0 Å². The van der Waals surface area contributed by atoms with E-state index in [0.717, 1.165) is 22.8 Å². The third-order valence-corrected chi connectivity index (χ3v) is 6.47. The Morgan fingerprint density at radius 3 is 2.94 bits per heavy atom. The van der Waals surface area contributed by atoms with Crippen LogP contribution in [0.5, 0.6) is 0 Å². The molecular weight excluding hydrogens is 276 g/mol. The highest BCUT2D eigenvalue weighted by molar-refractivity contribution is 7.99. The summed E-state index contributed by atoms with van der Waals surface area (Å²) in [6.45, 7) is 0.933. The van der Waals surface area contributed by atoms with Crippen LogP contribution in [0.2, 0.25) is 0 Å². The number of thiophene rings is 1. The SMILES string of the molecule is NCc1cc(S(=O)(=O)NCC2CCSC2)cs1. The summed E-state index contributed by atoms with van der Waals surface area (Å²) in [5.41, 5.74) is 5.47. The molecule has 0 aliphatic carbocycles. The fourth-order valence-electron chi connectivity index (χ4n) is 1.66. The molecular formula is C10H16N2O2S3. The van der Waals surface area contributed by atoms with Gasteiger partial charge < -0.3 is 5.73 Å². The Balaban J connectivity index is 1.97. The van der Waals surface area contributed by atoms with E-state index in [-0.39, 0.29) is 0 Å². The summed E-state index contributed by atoms with van der Waals surface area (Å²) >= 11 is 3.27. The number of hydrogen-bond acceptors (Lipinski definition) is 5. The quantitative estimate of drug-likeness (QED) is 0.856. The van der Waals surface area contributed by atoms with Gasteiger partial charge in [-0.25, -0.2) is 13.1 Å². The summed E-state index contributed by atoms with van der Waals surface area (Å²) in [7, 11) is -3.34. The molecule has 0 radical (unpaired) electrons. The Kier molecular flexibility index (Phi) is 4.48. The molecule has 0 bridgehead atoms. The molecule has 0 aromatic carbocycles. The van der Waals surface area contributed by atoms with Crippen LogP contribution in [0.15, 0.2) is 16.3 Å². The van der Waals surface area contributed by atoms with E-state index >= 15 is 0 Å². The molecule has 1 aliphatic heterocycles. The van der Waals surface area contributed by atoms with Crippen molar-refractivity contribution in [2.75, 3.05) is 18.1 Å². The average molecular weight is 292 g/mol. The van der Waals surface area contributed by atoms with Crippen LogP contribution < -0.4 is 10.5 Å². The van der Waals surface area contributed by atoms with Gasteiger partial charge in [0.15, 0.2) is 0 Å². The van der Waals surface area contributed by atoms with Crippen molar-refractivity contribution in [2.45, 2.75) is 17.9 Å². The summed E-state index contributed by atoms with van der Waals surface area (Å²) in [5, 5.41) is 1.65. The minimum atomic E-state index is -3.34. The standard InChI is InChI=1S/C10H16N2O2S3/c11-4-9-3-10(7-16-9)17(13,14)12-5-8-1-2-15-6-8/h3,7-8,12H,1-2,4-6,11H2. The first-order valence-electron chi connectivity index (χ1n) is 5.46. The predicted molar refractivity (Wildman–Crippen MR) is 72.8 cm³/mol. The number of nitrogens with two attached hydrogens (primary N) is 1. The van der Waals surface area contributed by atoms with E-state index < -0.39 is 10.0 Å². The second-order valence-electron chi connectivity index (χ2n) is 4.03. The Morgan fingerprint density at radius 1 is 1.53 bits per heavy atom. The minimum Gasteiger partial charge on any atom is -0.326 e. The zero-order valence-corrected chi connectivity index (χ0v) is 11.8. The van der Waals surface area contributed by atoms with Crippen LogP contribution in [-0.4, -0.2) is 26.5 Å². The second-order valence-corrected chi connectivity index (χ2v) is 7.95. The Morgan fingerprint density at radius 2 is 2.35 bits per heavy atom. The maximum absolute atomic E-state index is 12.0. The second kappa shape index (κ2) is 5.71. The third-order valence-electron chi connectivity index (χ3n) is 2.73. The number of hydrogen-bond donors (Lipinski definition) is 2. The average Bonchev–Trinajstić information content (AvgIpc) is 2.98. The van der Waals surface area contributed by atoms with Crippen molar-refractivity contribution in [1.29, 1.82) is 0 Å². The third kappa shape index (κ3) is 3.45. The zero-order valence-electron chi connectivity index (χ0n) is 9.39. The van der Waals surface area contributed by atoms with Gasteiger partial charge in [-0.05, 0) is 29.9 Å². The molecule has 1 unspecified atom stereocenters. The first kappa shape index (κ1) is 13.4. The molecule has 0 saturated carbocycles. The van der Waals surface area contributed by atoms with Crippen molar-refractivity contribution in [3.63, 3.8) is 0 Å².